The standard InChI is InChI=1S/C10H11ClFN3/c1-3-6(2)14-10-8(12)4-7(5-13)9(11)15-10/h4,6H,3H2,1-2H3,(H,14,15)/t6-/m1/s1. The minimum Gasteiger partial charge on any atom is -0.365 e. The maximum atomic E-state index is 13.4. The highest BCUT2D eigenvalue weighted by molar-refractivity contribution is 6.30. The topological polar surface area (TPSA) is 48.7 Å². The van der Waals surface area contributed by atoms with E-state index in [1.807, 2.05) is 13.8 Å². The molecular weight excluding hydrogens is 217 g/mol. The quantitative estimate of drug-likeness (QED) is 0.808. The molecule has 15 heavy (non-hydrogen) atoms. The molecule has 0 aliphatic heterocycles. The Balaban J connectivity index is 3.01. The molecule has 1 rings (SSSR count). The van der Waals surface area contributed by atoms with Crippen LogP contribution in [0.3, 0.4) is 0 Å². The summed E-state index contributed by atoms with van der Waals surface area (Å²) >= 11 is 5.69. The fraction of sp³-hybridized carbons (Fsp3) is 0.400. The minimum atomic E-state index is -0.559. The summed E-state index contributed by atoms with van der Waals surface area (Å²) in [6.07, 6.45) is 0.846. The lowest BCUT2D eigenvalue weighted by Gasteiger charge is -2.12. The lowest BCUT2D eigenvalue weighted by atomic mass is 10.2. The first-order valence-electron chi connectivity index (χ1n) is 4.61. The Morgan fingerprint density at radius 3 is 2.93 bits per heavy atom. The summed E-state index contributed by atoms with van der Waals surface area (Å²) in [6, 6.07) is 2.96. The fourth-order valence-electron chi connectivity index (χ4n) is 0.982. The third-order valence-electron chi connectivity index (χ3n) is 2.05. The highest BCUT2D eigenvalue weighted by Gasteiger charge is 2.11. The third-order valence-corrected chi connectivity index (χ3v) is 2.33. The van der Waals surface area contributed by atoms with E-state index in [0.717, 1.165) is 12.5 Å². The Morgan fingerprint density at radius 1 is 1.73 bits per heavy atom. The van der Waals surface area contributed by atoms with Crippen molar-refractivity contribution in [3.8, 4) is 6.07 Å². The maximum absolute atomic E-state index is 13.4. The van der Waals surface area contributed by atoms with E-state index >= 15 is 0 Å². The van der Waals surface area contributed by atoms with Gasteiger partial charge in [-0.15, -0.1) is 0 Å². The molecule has 1 aromatic heterocycles. The second kappa shape index (κ2) is 4.94. The lowest BCUT2D eigenvalue weighted by molar-refractivity contribution is 0.617. The number of halogens is 2. The summed E-state index contributed by atoms with van der Waals surface area (Å²) in [4.78, 5) is 3.79. The number of hydrogen-bond donors (Lipinski definition) is 1. The van der Waals surface area contributed by atoms with Crippen molar-refractivity contribution in [1.82, 2.24) is 4.98 Å². The van der Waals surface area contributed by atoms with Crippen LogP contribution in [-0.2, 0) is 0 Å². The molecule has 0 radical (unpaired) electrons. The summed E-state index contributed by atoms with van der Waals surface area (Å²) < 4.78 is 13.4. The molecular formula is C10H11ClFN3. The van der Waals surface area contributed by atoms with Gasteiger partial charge in [-0.3, -0.25) is 0 Å². The van der Waals surface area contributed by atoms with Gasteiger partial charge in [0.25, 0.3) is 0 Å². The average molecular weight is 228 g/mol. The van der Waals surface area contributed by atoms with Gasteiger partial charge in [-0.25, -0.2) is 9.37 Å². The molecule has 0 saturated heterocycles. The molecule has 80 valence electrons. The summed E-state index contributed by atoms with van der Waals surface area (Å²) in [5.74, 6) is -0.468. The molecule has 0 bridgehead atoms. The smallest absolute Gasteiger partial charge is 0.166 e. The molecule has 0 fully saturated rings. The number of nitrogens with zero attached hydrogens (tertiary/aromatic N) is 2. The van der Waals surface area contributed by atoms with Crippen LogP contribution in [0.1, 0.15) is 25.8 Å². The van der Waals surface area contributed by atoms with Crippen molar-refractivity contribution in [2.45, 2.75) is 26.3 Å². The zero-order chi connectivity index (χ0) is 11.4. The third kappa shape index (κ3) is 2.80. The van der Waals surface area contributed by atoms with Crippen LogP contribution in [0, 0.1) is 17.1 Å². The van der Waals surface area contributed by atoms with E-state index < -0.39 is 5.82 Å². The second-order valence-corrected chi connectivity index (χ2v) is 3.58. The van der Waals surface area contributed by atoms with Gasteiger partial charge in [0.1, 0.15) is 11.2 Å². The zero-order valence-corrected chi connectivity index (χ0v) is 9.27. The Morgan fingerprint density at radius 2 is 2.40 bits per heavy atom. The number of aromatic nitrogens is 1. The van der Waals surface area contributed by atoms with Crippen molar-refractivity contribution in [2.75, 3.05) is 5.32 Å². The van der Waals surface area contributed by atoms with Crippen LogP contribution in [0.2, 0.25) is 5.15 Å². The first-order valence-corrected chi connectivity index (χ1v) is 4.99. The van der Waals surface area contributed by atoms with Gasteiger partial charge in [-0.2, -0.15) is 5.26 Å². The maximum Gasteiger partial charge on any atom is 0.166 e. The first-order chi connectivity index (χ1) is 7.08. The van der Waals surface area contributed by atoms with Crippen LogP contribution in [0.4, 0.5) is 10.2 Å². The molecule has 0 aromatic carbocycles. The molecule has 1 atom stereocenters. The van der Waals surface area contributed by atoms with Gasteiger partial charge in [-0.1, -0.05) is 18.5 Å². The molecule has 0 saturated carbocycles. The highest BCUT2D eigenvalue weighted by atomic mass is 35.5. The van der Waals surface area contributed by atoms with E-state index in [4.69, 9.17) is 16.9 Å². The predicted octanol–water partition coefficient (Wildman–Crippen LogP) is 2.96. The summed E-state index contributed by atoms with van der Waals surface area (Å²) in [5.41, 5.74) is 0.0452. The van der Waals surface area contributed by atoms with Crippen LogP contribution in [-0.4, -0.2) is 11.0 Å². The number of pyridine rings is 1. The van der Waals surface area contributed by atoms with Crippen LogP contribution in [0.5, 0.6) is 0 Å². The molecule has 5 heteroatoms. The number of hydrogen-bond acceptors (Lipinski definition) is 3. The Kier molecular flexibility index (Phi) is 3.87. The van der Waals surface area contributed by atoms with E-state index in [0.29, 0.717) is 0 Å². The number of nitrogens with one attached hydrogen (secondary N) is 1. The molecule has 1 aromatic rings. The van der Waals surface area contributed by atoms with E-state index in [9.17, 15) is 4.39 Å². The van der Waals surface area contributed by atoms with Crippen molar-refractivity contribution in [2.24, 2.45) is 0 Å². The Labute approximate surface area is 92.9 Å². The van der Waals surface area contributed by atoms with E-state index in [1.165, 1.54) is 0 Å². The van der Waals surface area contributed by atoms with E-state index in [1.54, 1.807) is 6.07 Å². The normalized spacial score (nSPS) is 11.9. The van der Waals surface area contributed by atoms with Crippen molar-refractivity contribution in [3.63, 3.8) is 0 Å². The minimum absolute atomic E-state index is 0.0182. The lowest BCUT2D eigenvalue weighted by Crippen LogP contribution is -2.16. The van der Waals surface area contributed by atoms with Gasteiger partial charge in [0.2, 0.25) is 0 Å². The Bertz CT molecular complexity index is 400. The highest BCUT2D eigenvalue weighted by Crippen LogP contribution is 2.20. The summed E-state index contributed by atoms with van der Waals surface area (Å²) in [7, 11) is 0. The summed E-state index contributed by atoms with van der Waals surface area (Å²) in [6.45, 7) is 3.88. The largest absolute Gasteiger partial charge is 0.365 e. The van der Waals surface area contributed by atoms with Gasteiger partial charge >= 0.3 is 0 Å². The molecule has 0 unspecified atom stereocenters. The van der Waals surface area contributed by atoms with Crippen LogP contribution in [0.15, 0.2) is 6.07 Å². The first kappa shape index (κ1) is 11.7. The predicted molar refractivity (Wildman–Crippen MR) is 57.3 cm³/mol. The van der Waals surface area contributed by atoms with Crippen LogP contribution >= 0.6 is 11.6 Å². The van der Waals surface area contributed by atoms with Gasteiger partial charge in [-0.05, 0) is 19.4 Å². The molecule has 1 N–H and O–H groups in total. The number of rotatable bonds is 3. The van der Waals surface area contributed by atoms with Gasteiger partial charge < -0.3 is 5.32 Å². The van der Waals surface area contributed by atoms with Crippen molar-refractivity contribution in [1.29, 1.82) is 5.26 Å². The van der Waals surface area contributed by atoms with E-state index in [2.05, 4.69) is 10.3 Å². The molecule has 0 aliphatic rings. The van der Waals surface area contributed by atoms with Crippen molar-refractivity contribution < 1.29 is 4.39 Å². The molecule has 1 heterocycles. The number of nitriles is 1. The summed E-state index contributed by atoms with van der Waals surface area (Å²) in [5, 5.41) is 11.5. The Hall–Kier alpha value is -1.34. The molecule has 3 nitrogen and oxygen atoms in total. The fourth-order valence-corrected chi connectivity index (χ4v) is 1.16. The van der Waals surface area contributed by atoms with Crippen molar-refractivity contribution >= 4 is 17.4 Å². The molecule has 0 amide bonds. The monoisotopic (exact) mass is 227 g/mol. The van der Waals surface area contributed by atoms with Crippen molar-refractivity contribution in [3.05, 3.63) is 22.6 Å². The number of anilines is 1. The average Bonchev–Trinajstić information content (AvgIpc) is 2.22. The van der Waals surface area contributed by atoms with Gasteiger partial charge in [0.05, 0.1) is 5.56 Å². The van der Waals surface area contributed by atoms with Gasteiger partial charge in [0, 0.05) is 6.04 Å². The van der Waals surface area contributed by atoms with Crippen LogP contribution in [0.25, 0.3) is 0 Å². The zero-order valence-electron chi connectivity index (χ0n) is 8.51. The van der Waals surface area contributed by atoms with Crippen LogP contribution < -0.4 is 5.32 Å². The SMILES string of the molecule is CC[C@@H](C)Nc1nc(Cl)c(C#N)cc1F. The van der Waals surface area contributed by atoms with E-state index in [-0.39, 0.29) is 22.6 Å². The van der Waals surface area contributed by atoms with Gasteiger partial charge in [0.15, 0.2) is 11.6 Å². The molecule has 0 spiro atoms. The molecule has 0 aliphatic carbocycles. The second-order valence-electron chi connectivity index (χ2n) is 3.22.